The van der Waals surface area contributed by atoms with E-state index in [2.05, 4.69) is 29.6 Å². The van der Waals surface area contributed by atoms with Crippen LogP contribution < -0.4 is 16.0 Å². The normalized spacial score (nSPS) is 16.6. The van der Waals surface area contributed by atoms with Gasteiger partial charge < -0.3 is 16.0 Å². The Kier molecular flexibility index (Phi) is 4.93. The van der Waals surface area contributed by atoms with E-state index in [1.165, 1.54) is 5.39 Å². The van der Waals surface area contributed by atoms with Crippen LogP contribution in [-0.2, 0) is 11.3 Å². The van der Waals surface area contributed by atoms with Crippen LogP contribution >= 0.6 is 12.4 Å². The zero-order valence-electron chi connectivity index (χ0n) is 13.7. The van der Waals surface area contributed by atoms with Gasteiger partial charge in [-0.15, -0.1) is 12.4 Å². The van der Waals surface area contributed by atoms with Crippen LogP contribution in [0.15, 0.2) is 66.7 Å². The molecule has 0 saturated carbocycles. The van der Waals surface area contributed by atoms with Crippen molar-refractivity contribution in [2.45, 2.75) is 12.6 Å². The summed E-state index contributed by atoms with van der Waals surface area (Å²) in [7, 11) is 0. The maximum Gasteiger partial charge on any atom is 0.246 e. The van der Waals surface area contributed by atoms with Gasteiger partial charge in [0.05, 0.1) is 17.9 Å². The molecule has 3 aromatic carbocycles. The molecule has 1 amide bonds. The van der Waals surface area contributed by atoms with Crippen molar-refractivity contribution in [2.24, 2.45) is 5.73 Å². The highest BCUT2D eigenvalue weighted by molar-refractivity contribution is 6.02. The molecule has 1 atom stereocenters. The average Bonchev–Trinajstić information content (AvgIpc) is 2.74. The summed E-state index contributed by atoms with van der Waals surface area (Å²) in [5, 5.41) is 5.61. The van der Waals surface area contributed by atoms with Crippen LogP contribution in [0, 0.1) is 0 Å². The highest BCUT2D eigenvalue weighted by atomic mass is 35.5. The minimum absolute atomic E-state index is 0. The van der Waals surface area contributed by atoms with Gasteiger partial charge in [0.25, 0.3) is 0 Å². The third kappa shape index (κ3) is 3.18. The highest BCUT2D eigenvalue weighted by Gasteiger charge is 2.28. The van der Waals surface area contributed by atoms with E-state index in [9.17, 15) is 4.79 Å². The van der Waals surface area contributed by atoms with Gasteiger partial charge in [-0.1, -0.05) is 54.6 Å². The fourth-order valence-electron chi connectivity index (χ4n) is 3.25. The predicted octanol–water partition coefficient (Wildman–Crippen LogP) is 3.55. The maximum absolute atomic E-state index is 12.8. The van der Waals surface area contributed by atoms with Crippen molar-refractivity contribution < 1.29 is 4.79 Å². The van der Waals surface area contributed by atoms with Crippen LogP contribution in [0.1, 0.15) is 5.56 Å². The van der Waals surface area contributed by atoms with Gasteiger partial charge in [0, 0.05) is 6.54 Å². The van der Waals surface area contributed by atoms with E-state index >= 15 is 0 Å². The van der Waals surface area contributed by atoms with Gasteiger partial charge in [0.1, 0.15) is 6.04 Å². The number of halogens is 1. The second-order valence-electron chi connectivity index (χ2n) is 6.07. The number of hydrogen-bond acceptors (Lipinski definition) is 3. The molecule has 0 fully saturated rings. The summed E-state index contributed by atoms with van der Waals surface area (Å²) < 4.78 is 0. The van der Waals surface area contributed by atoms with Crippen LogP contribution in [0.5, 0.6) is 0 Å². The highest BCUT2D eigenvalue weighted by Crippen LogP contribution is 2.31. The Hall–Kier alpha value is -2.56. The number of carbonyl (C=O) groups excluding carboxylic acids is 1. The molecule has 4 rings (SSSR count). The molecule has 1 heterocycles. The van der Waals surface area contributed by atoms with Gasteiger partial charge in [-0.2, -0.15) is 0 Å². The fraction of sp³-hybridized carbons (Fsp3) is 0.150. The van der Waals surface area contributed by atoms with Crippen molar-refractivity contribution in [3.05, 3.63) is 72.3 Å². The first-order valence-electron chi connectivity index (χ1n) is 8.10. The van der Waals surface area contributed by atoms with Gasteiger partial charge in [-0.3, -0.25) is 4.79 Å². The molecule has 0 saturated heterocycles. The molecule has 1 aliphatic heterocycles. The molecule has 0 aromatic heterocycles. The molecule has 3 N–H and O–H groups in total. The van der Waals surface area contributed by atoms with Crippen molar-refractivity contribution in [1.82, 2.24) is 0 Å². The topological polar surface area (TPSA) is 58.4 Å². The number of amides is 1. The van der Waals surface area contributed by atoms with Crippen molar-refractivity contribution in [1.29, 1.82) is 0 Å². The monoisotopic (exact) mass is 353 g/mol. The molecule has 0 aliphatic carbocycles. The summed E-state index contributed by atoms with van der Waals surface area (Å²) >= 11 is 0. The number of nitrogens with one attached hydrogen (secondary N) is 1. The first-order valence-corrected chi connectivity index (χ1v) is 8.10. The number of rotatable bonds is 2. The van der Waals surface area contributed by atoms with Crippen LogP contribution in [0.25, 0.3) is 10.8 Å². The lowest BCUT2D eigenvalue weighted by atomic mass is 10.0. The quantitative estimate of drug-likeness (QED) is 0.740. The Bertz CT molecular complexity index is 907. The lowest BCUT2D eigenvalue weighted by Crippen LogP contribution is -2.45. The summed E-state index contributed by atoms with van der Waals surface area (Å²) in [6.07, 6.45) is 0. The maximum atomic E-state index is 12.8. The van der Waals surface area contributed by atoms with E-state index in [0.717, 1.165) is 22.3 Å². The lowest BCUT2D eigenvalue weighted by molar-refractivity contribution is -0.119. The van der Waals surface area contributed by atoms with Gasteiger partial charge >= 0.3 is 0 Å². The molecule has 5 heteroatoms. The molecule has 1 aliphatic rings. The van der Waals surface area contributed by atoms with E-state index in [1.54, 1.807) is 4.90 Å². The van der Waals surface area contributed by atoms with E-state index in [-0.39, 0.29) is 18.3 Å². The summed E-state index contributed by atoms with van der Waals surface area (Å²) in [6, 6.07) is 21.7. The van der Waals surface area contributed by atoms with Crippen LogP contribution in [0.4, 0.5) is 11.4 Å². The Morgan fingerprint density at radius 2 is 1.72 bits per heavy atom. The molecule has 0 bridgehead atoms. The second-order valence-corrected chi connectivity index (χ2v) is 6.07. The number of nitrogens with zero attached hydrogens (tertiary/aromatic N) is 1. The number of para-hydroxylation sites is 2. The number of anilines is 2. The summed E-state index contributed by atoms with van der Waals surface area (Å²) in [6.45, 7) is 0.953. The third-order valence-electron chi connectivity index (χ3n) is 4.50. The molecule has 4 nitrogen and oxygen atoms in total. The van der Waals surface area contributed by atoms with Crippen LogP contribution in [0.3, 0.4) is 0 Å². The predicted molar refractivity (Wildman–Crippen MR) is 105 cm³/mol. The van der Waals surface area contributed by atoms with Gasteiger partial charge in [-0.05, 0) is 28.5 Å². The average molecular weight is 354 g/mol. The van der Waals surface area contributed by atoms with Crippen LogP contribution in [0.2, 0.25) is 0 Å². The largest absolute Gasteiger partial charge is 0.381 e. The molecule has 0 radical (unpaired) electrons. The van der Waals surface area contributed by atoms with E-state index in [0.29, 0.717) is 13.1 Å². The zero-order chi connectivity index (χ0) is 16.5. The molecular weight excluding hydrogens is 334 g/mol. The Morgan fingerprint density at radius 3 is 2.60 bits per heavy atom. The van der Waals surface area contributed by atoms with Gasteiger partial charge in [-0.25, -0.2) is 0 Å². The molecule has 128 valence electrons. The van der Waals surface area contributed by atoms with Gasteiger partial charge in [0.15, 0.2) is 0 Å². The van der Waals surface area contributed by atoms with Gasteiger partial charge in [0.2, 0.25) is 5.91 Å². The number of benzene rings is 3. The summed E-state index contributed by atoms with van der Waals surface area (Å²) in [5.74, 6) is -0.0552. The van der Waals surface area contributed by atoms with E-state index in [4.69, 9.17) is 5.73 Å². The lowest BCUT2D eigenvalue weighted by Gasteiger charge is -2.24. The second kappa shape index (κ2) is 7.13. The minimum Gasteiger partial charge on any atom is -0.381 e. The molecule has 3 aromatic rings. The fourth-order valence-corrected chi connectivity index (χ4v) is 3.25. The van der Waals surface area contributed by atoms with Crippen molar-refractivity contribution in [3.63, 3.8) is 0 Å². The molecule has 0 spiro atoms. The first kappa shape index (κ1) is 17.3. The Balaban J connectivity index is 0.00000182. The molecule has 25 heavy (non-hydrogen) atoms. The Labute approximate surface area is 153 Å². The number of fused-ring (bicyclic) bond motifs is 2. The van der Waals surface area contributed by atoms with E-state index in [1.807, 2.05) is 42.5 Å². The zero-order valence-corrected chi connectivity index (χ0v) is 14.5. The summed E-state index contributed by atoms with van der Waals surface area (Å²) in [4.78, 5) is 14.6. The van der Waals surface area contributed by atoms with Crippen molar-refractivity contribution in [3.8, 4) is 0 Å². The SMILES string of the molecule is Cl.NC1CNc2ccccc2N(Cc2cccc3ccccc23)C1=O. The minimum atomic E-state index is -0.549. The first-order chi connectivity index (χ1) is 11.7. The number of carbonyl (C=O) groups is 1. The molecular formula is C20H20ClN3O. The van der Waals surface area contributed by atoms with Crippen molar-refractivity contribution in [2.75, 3.05) is 16.8 Å². The third-order valence-corrected chi connectivity index (χ3v) is 4.50. The van der Waals surface area contributed by atoms with Crippen LogP contribution in [-0.4, -0.2) is 18.5 Å². The smallest absolute Gasteiger partial charge is 0.246 e. The number of nitrogens with two attached hydrogens (primary N) is 1. The summed E-state index contributed by atoms with van der Waals surface area (Å²) in [5.41, 5.74) is 9.00. The van der Waals surface area contributed by atoms with Crippen molar-refractivity contribution >= 4 is 40.5 Å². The molecule has 1 unspecified atom stereocenters. The Morgan fingerprint density at radius 1 is 1.00 bits per heavy atom. The number of hydrogen-bond donors (Lipinski definition) is 2. The standard InChI is InChI=1S/C20H19N3O.ClH/c21-17-12-22-18-10-3-4-11-19(18)23(20(17)24)13-15-8-5-7-14-6-1-2-9-16(14)15;/h1-11,17,22H,12-13,21H2;1H. The van der Waals surface area contributed by atoms with E-state index < -0.39 is 6.04 Å².